The summed E-state index contributed by atoms with van der Waals surface area (Å²) in [7, 11) is -3.60. The van der Waals surface area contributed by atoms with E-state index >= 15 is 0 Å². The Kier molecular flexibility index (Phi) is 3.51. The summed E-state index contributed by atoms with van der Waals surface area (Å²) in [5.74, 6) is 0. The fourth-order valence-corrected chi connectivity index (χ4v) is 4.13. The molecule has 2 aromatic carbocycles. The highest BCUT2D eigenvalue weighted by molar-refractivity contribution is 9.10. The lowest BCUT2D eigenvalue weighted by molar-refractivity contribution is 0.601. The maximum absolute atomic E-state index is 12.4. The molecule has 0 amide bonds. The minimum absolute atomic E-state index is 0.239. The van der Waals surface area contributed by atoms with Gasteiger partial charge in [-0.15, -0.1) is 0 Å². The molecule has 2 N–H and O–H groups in total. The smallest absolute Gasteiger partial charge is 0.261 e. The van der Waals surface area contributed by atoms with Gasteiger partial charge in [0.05, 0.1) is 4.90 Å². The van der Waals surface area contributed by atoms with Crippen LogP contribution in [0.4, 0.5) is 5.69 Å². The van der Waals surface area contributed by atoms with E-state index in [1.54, 1.807) is 24.3 Å². The fourth-order valence-electron chi connectivity index (χ4n) is 2.19. The Labute approximate surface area is 131 Å². The van der Waals surface area contributed by atoms with Crippen LogP contribution in [0.3, 0.4) is 0 Å². The molecule has 0 aliphatic rings. The molecule has 21 heavy (non-hydrogen) atoms. The number of rotatable bonds is 3. The van der Waals surface area contributed by atoms with Crippen molar-refractivity contribution in [3.8, 4) is 0 Å². The van der Waals surface area contributed by atoms with Gasteiger partial charge in [-0.1, -0.05) is 15.9 Å². The number of H-pyrrole nitrogens is 1. The van der Waals surface area contributed by atoms with E-state index in [9.17, 15) is 8.42 Å². The van der Waals surface area contributed by atoms with Crippen molar-refractivity contribution >= 4 is 42.5 Å². The Balaban J connectivity index is 1.98. The molecule has 0 bridgehead atoms. The topological polar surface area (TPSA) is 62.0 Å². The Hall–Kier alpha value is -1.79. The van der Waals surface area contributed by atoms with Crippen molar-refractivity contribution < 1.29 is 8.42 Å². The van der Waals surface area contributed by atoms with Gasteiger partial charge in [0, 0.05) is 27.3 Å². The number of benzene rings is 2. The molecule has 1 aromatic heterocycles. The van der Waals surface area contributed by atoms with Crippen LogP contribution in [0, 0.1) is 6.92 Å². The zero-order valence-electron chi connectivity index (χ0n) is 11.2. The summed E-state index contributed by atoms with van der Waals surface area (Å²) in [5.41, 5.74) is 2.39. The molecule has 0 unspecified atom stereocenters. The quantitative estimate of drug-likeness (QED) is 0.736. The third-order valence-electron chi connectivity index (χ3n) is 3.13. The molecule has 0 aliphatic carbocycles. The van der Waals surface area contributed by atoms with E-state index in [1.807, 2.05) is 31.3 Å². The maximum Gasteiger partial charge on any atom is 0.261 e. The van der Waals surface area contributed by atoms with Crippen LogP contribution in [0.5, 0.6) is 0 Å². The fraction of sp³-hybridized carbons (Fsp3) is 0.0667. The van der Waals surface area contributed by atoms with Crippen LogP contribution in [-0.4, -0.2) is 13.4 Å². The van der Waals surface area contributed by atoms with Crippen LogP contribution in [0.2, 0.25) is 0 Å². The largest absolute Gasteiger partial charge is 0.361 e. The zero-order valence-corrected chi connectivity index (χ0v) is 13.6. The SMILES string of the molecule is Cc1cc(Br)cc(S(=O)(=O)Nc2ccc3[nH]ccc3c2)c1. The first-order chi connectivity index (χ1) is 9.94. The van der Waals surface area contributed by atoms with E-state index in [0.29, 0.717) is 5.69 Å². The van der Waals surface area contributed by atoms with Crippen LogP contribution in [-0.2, 0) is 10.0 Å². The molecule has 0 fully saturated rings. The van der Waals surface area contributed by atoms with Crippen molar-refractivity contribution in [2.75, 3.05) is 4.72 Å². The van der Waals surface area contributed by atoms with Gasteiger partial charge in [-0.3, -0.25) is 4.72 Å². The van der Waals surface area contributed by atoms with Crippen molar-refractivity contribution in [2.45, 2.75) is 11.8 Å². The van der Waals surface area contributed by atoms with E-state index < -0.39 is 10.0 Å². The number of hydrogen-bond donors (Lipinski definition) is 2. The minimum Gasteiger partial charge on any atom is -0.361 e. The van der Waals surface area contributed by atoms with Gasteiger partial charge in [0.1, 0.15) is 0 Å². The summed E-state index contributed by atoms with van der Waals surface area (Å²) in [5, 5.41) is 0.959. The van der Waals surface area contributed by atoms with Crippen molar-refractivity contribution in [1.29, 1.82) is 0 Å². The standard InChI is InChI=1S/C15H13BrN2O2S/c1-10-6-12(16)9-14(7-10)21(19,20)18-13-2-3-15-11(8-13)4-5-17-15/h2-9,17-18H,1H3. The molecule has 6 heteroatoms. The monoisotopic (exact) mass is 364 g/mol. The Morgan fingerprint density at radius 2 is 1.90 bits per heavy atom. The predicted octanol–water partition coefficient (Wildman–Crippen LogP) is 4.04. The van der Waals surface area contributed by atoms with Gasteiger partial charge >= 0.3 is 0 Å². The Morgan fingerprint density at radius 3 is 2.67 bits per heavy atom. The first-order valence-corrected chi connectivity index (χ1v) is 8.59. The minimum atomic E-state index is -3.60. The molecular weight excluding hydrogens is 352 g/mol. The van der Waals surface area contributed by atoms with Crippen LogP contribution in [0.1, 0.15) is 5.56 Å². The van der Waals surface area contributed by atoms with Crippen molar-refractivity contribution in [2.24, 2.45) is 0 Å². The normalized spacial score (nSPS) is 11.7. The molecule has 0 spiro atoms. The molecule has 1 heterocycles. The molecule has 0 saturated heterocycles. The first kappa shape index (κ1) is 14.2. The van der Waals surface area contributed by atoms with Gasteiger partial charge in [-0.2, -0.15) is 0 Å². The first-order valence-electron chi connectivity index (χ1n) is 6.31. The third kappa shape index (κ3) is 2.96. The van der Waals surface area contributed by atoms with E-state index in [4.69, 9.17) is 0 Å². The highest BCUT2D eigenvalue weighted by atomic mass is 79.9. The summed E-state index contributed by atoms with van der Waals surface area (Å²) in [4.78, 5) is 3.31. The van der Waals surface area contributed by atoms with Gasteiger partial charge < -0.3 is 4.98 Å². The number of sulfonamides is 1. The van der Waals surface area contributed by atoms with Crippen molar-refractivity contribution in [1.82, 2.24) is 4.98 Å². The second-order valence-electron chi connectivity index (χ2n) is 4.85. The second-order valence-corrected chi connectivity index (χ2v) is 7.45. The molecule has 0 radical (unpaired) electrons. The second kappa shape index (κ2) is 5.20. The van der Waals surface area contributed by atoms with Gasteiger partial charge in [0.15, 0.2) is 0 Å². The highest BCUT2D eigenvalue weighted by Crippen LogP contribution is 2.23. The van der Waals surface area contributed by atoms with Crippen LogP contribution in [0.25, 0.3) is 10.9 Å². The van der Waals surface area contributed by atoms with E-state index in [-0.39, 0.29) is 4.90 Å². The van der Waals surface area contributed by atoms with E-state index in [2.05, 4.69) is 25.6 Å². The molecular formula is C15H13BrN2O2S. The number of halogens is 1. The number of aryl methyl sites for hydroxylation is 1. The molecule has 3 aromatic rings. The Morgan fingerprint density at radius 1 is 1.10 bits per heavy atom. The highest BCUT2D eigenvalue weighted by Gasteiger charge is 2.15. The molecule has 108 valence electrons. The maximum atomic E-state index is 12.4. The lowest BCUT2D eigenvalue weighted by Crippen LogP contribution is -2.13. The molecule has 4 nitrogen and oxygen atoms in total. The summed E-state index contributed by atoms with van der Waals surface area (Å²) in [6.07, 6.45) is 1.82. The number of anilines is 1. The van der Waals surface area contributed by atoms with Crippen LogP contribution >= 0.6 is 15.9 Å². The van der Waals surface area contributed by atoms with Gasteiger partial charge in [-0.05, 0) is 55.0 Å². The van der Waals surface area contributed by atoms with Crippen molar-refractivity contribution in [3.05, 3.63) is 58.7 Å². The average molecular weight is 365 g/mol. The van der Waals surface area contributed by atoms with Crippen LogP contribution < -0.4 is 4.72 Å². The molecule has 3 rings (SSSR count). The van der Waals surface area contributed by atoms with E-state index in [0.717, 1.165) is 20.9 Å². The summed E-state index contributed by atoms with van der Waals surface area (Å²) in [6, 6.07) is 12.4. The van der Waals surface area contributed by atoms with Crippen molar-refractivity contribution in [3.63, 3.8) is 0 Å². The van der Waals surface area contributed by atoms with Gasteiger partial charge in [0.25, 0.3) is 10.0 Å². The summed E-state index contributed by atoms with van der Waals surface area (Å²) >= 11 is 3.32. The summed E-state index contributed by atoms with van der Waals surface area (Å²) in [6.45, 7) is 1.86. The molecule has 0 aliphatic heterocycles. The van der Waals surface area contributed by atoms with Gasteiger partial charge in [-0.25, -0.2) is 8.42 Å². The predicted molar refractivity (Wildman–Crippen MR) is 88.0 cm³/mol. The lowest BCUT2D eigenvalue weighted by Gasteiger charge is -2.09. The number of hydrogen-bond acceptors (Lipinski definition) is 2. The number of aromatic nitrogens is 1. The number of fused-ring (bicyclic) bond motifs is 1. The number of nitrogens with one attached hydrogen (secondary N) is 2. The lowest BCUT2D eigenvalue weighted by atomic mass is 10.2. The zero-order chi connectivity index (χ0) is 15.0. The van der Waals surface area contributed by atoms with E-state index in [1.165, 1.54) is 0 Å². The third-order valence-corrected chi connectivity index (χ3v) is 4.95. The van der Waals surface area contributed by atoms with Gasteiger partial charge in [0.2, 0.25) is 0 Å². The summed E-state index contributed by atoms with van der Waals surface area (Å²) < 4.78 is 28.2. The molecule has 0 atom stereocenters. The number of aromatic amines is 1. The molecule has 0 saturated carbocycles. The van der Waals surface area contributed by atoms with Crippen LogP contribution in [0.15, 0.2) is 58.0 Å². The average Bonchev–Trinajstić information content (AvgIpc) is 2.84. The Bertz CT molecular complexity index is 896.